The topological polar surface area (TPSA) is 12.0 Å². The van der Waals surface area contributed by atoms with Crippen LogP contribution in [0.25, 0.3) is 0 Å². The zero-order valence-corrected chi connectivity index (χ0v) is 12.9. The van der Waals surface area contributed by atoms with Gasteiger partial charge in [0.15, 0.2) is 0 Å². The molecule has 110 valence electrons. The minimum atomic E-state index is 0.887. The number of nitrogens with one attached hydrogen (secondary N) is 1. The Hall–Kier alpha value is -0.300. The molecular formula is C18H33N. The van der Waals surface area contributed by atoms with E-state index in [2.05, 4.69) is 18.3 Å². The monoisotopic (exact) mass is 263 g/mol. The summed E-state index contributed by atoms with van der Waals surface area (Å²) in [6, 6.07) is 0. The molecule has 0 aromatic rings. The van der Waals surface area contributed by atoms with Crippen LogP contribution in [0.3, 0.4) is 0 Å². The first kappa shape index (κ1) is 15.1. The molecular weight excluding hydrogens is 230 g/mol. The van der Waals surface area contributed by atoms with E-state index >= 15 is 0 Å². The zero-order valence-electron chi connectivity index (χ0n) is 12.9. The summed E-state index contributed by atoms with van der Waals surface area (Å²) >= 11 is 0. The van der Waals surface area contributed by atoms with E-state index in [0.29, 0.717) is 0 Å². The minimum absolute atomic E-state index is 0.887. The molecule has 0 atom stereocenters. The van der Waals surface area contributed by atoms with Gasteiger partial charge < -0.3 is 5.32 Å². The molecule has 0 amide bonds. The van der Waals surface area contributed by atoms with E-state index in [9.17, 15) is 0 Å². The van der Waals surface area contributed by atoms with Crippen molar-refractivity contribution in [1.82, 2.24) is 5.32 Å². The maximum Gasteiger partial charge on any atom is 0.0167 e. The fourth-order valence-corrected chi connectivity index (χ4v) is 3.86. The molecule has 0 aromatic heterocycles. The van der Waals surface area contributed by atoms with Crippen molar-refractivity contribution < 1.29 is 0 Å². The second-order valence-electron chi connectivity index (χ2n) is 6.61. The summed E-state index contributed by atoms with van der Waals surface area (Å²) in [6.07, 6.45) is 18.7. The zero-order chi connectivity index (χ0) is 13.3. The van der Waals surface area contributed by atoms with Gasteiger partial charge in [-0.05, 0) is 44.1 Å². The van der Waals surface area contributed by atoms with Crippen LogP contribution < -0.4 is 5.32 Å². The fourth-order valence-electron chi connectivity index (χ4n) is 3.86. The first-order valence-electron chi connectivity index (χ1n) is 8.81. The Morgan fingerprint density at radius 1 is 0.895 bits per heavy atom. The maximum atomic E-state index is 3.58. The molecule has 2 aliphatic carbocycles. The SMILES string of the molecule is CCNCC(=CC1CCCCCC1)C1CCCCC1. The minimum Gasteiger partial charge on any atom is -0.313 e. The molecule has 2 aliphatic rings. The van der Waals surface area contributed by atoms with Crippen molar-refractivity contribution in [3.63, 3.8) is 0 Å². The molecule has 0 bridgehead atoms. The van der Waals surface area contributed by atoms with Crippen LogP contribution in [0.4, 0.5) is 0 Å². The Morgan fingerprint density at radius 2 is 1.47 bits per heavy atom. The van der Waals surface area contributed by atoms with Crippen LogP contribution in [0.5, 0.6) is 0 Å². The Labute approximate surface area is 120 Å². The molecule has 1 N–H and O–H groups in total. The van der Waals surface area contributed by atoms with E-state index in [1.807, 2.05) is 0 Å². The van der Waals surface area contributed by atoms with Gasteiger partial charge in [-0.2, -0.15) is 0 Å². The van der Waals surface area contributed by atoms with Crippen molar-refractivity contribution in [1.29, 1.82) is 0 Å². The van der Waals surface area contributed by atoms with Crippen LogP contribution in [0, 0.1) is 11.8 Å². The highest BCUT2D eigenvalue weighted by Crippen LogP contribution is 2.32. The maximum absolute atomic E-state index is 3.58. The molecule has 1 heteroatoms. The van der Waals surface area contributed by atoms with E-state index < -0.39 is 0 Å². The second-order valence-corrected chi connectivity index (χ2v) is 6.61. The summed E-state index contributed by atoms with van der Waals surface area (Å²) in [6.45, 7) is 4.48. The van der Waals surface area contributed by atoms with Gasteiger partial charge in [-0.15, -0.1) is 0 Å². The van der Waals surface area contributed by atoms with Gasteiger partial charge in [0.25, 0.3) is 0 Å². The molecule has 0 spiro atoms. The Morgan fingerprint density at radius 3 is 2.11 bits per heavy atom. The number of hydrogen-bond acceptors (Lipinski definition) is 1. The highest BCUT2D eigenvalue weighted by molar-refractivity contribution is 5.12. The van der Waals surface area contributed by atoms with Gasteiger partial charge >= 0.3 is 0 Å². The highest BCUT2D eigenvalue weighted by atomic mass is 14.8. The Kier molecular flexibility index (Phi) is 6.98. The van der Waals surface area contributed by atoms with Gasteiger partial charge in [-0.3, -0.25) is 0 Å². The lowest BCUT2D eigenvalue weighted by atomic mass is 9.81. The van der Waals surface area contributed by atoms with Crippen LogP contribution >= 0.6 is 0 Å². The molecule has 1 nitrogen and oxygen atoms in total. The second kappa shape index (κ2) is 8.79. The molecule has 2 fully saturated rings. The average molecular weight is 263 g/mol. The van der Waals surface area contributed by atoms with Gasteiger partial charge in [0, 0.05) is 6.54 Å². The largest absolute Gasteiger partial charge is 0.313 e. The van der Waals surface area contributed by atoms with Crippen molar-refractivity contribution in [3.05, 3.63) is 11.6 Å². The quantitative estimate of drug-likeness (QED) is 0.539. The highest BCUT2D eigenvalue weighted by Gasteiger charge is 2.19. The Bertz CT molecular complexity index is 255. The summed E-state index contributed by atoms with van der Waals surface area (Å²) in [5.41, 5.74) is 1.76. The van der Waals surface area contributed by atoms with Crippen LogP contribution in [0.2, 0.25) is 0 Å². The van der Waals surface area contributed by atoms with E-state index in [1.54, 1.807) is 5.57 Å². The third-order valence-corrected chi connectivity index (χ3v) is 5.06. The third kappa shape index (κ3) is 5.30. The van der Waals surface area contributed by atoms with Gasteiger partial charge in [-0.1, -0.05) is 63.5 Å². The number of allylic oxidation sites excluding steroid dienone is 1. The summed E-state index contributed by atoms with van der Waals surface area (Å²) in [7, 11) is 0. The van der Waals surface area contributed by atoms with Crippen LogP contribution in [-0.2, 0) is 0 Å². The standard InChI is InChI=1S/C18H33N/c1-2-19-15-18(17-12-8-5-9-13-17)14-16-10-6-3-4-7-11-16/h14,16-17,19H,2-13,15H2,1H3. The smallest absolute Gasteiger partial charge is 0.0167 e. The summed E-state index contributed by atoms with van der Waals surface area (Å²) in [5.74, 6) is 1.79. The van der Waals surface area contributed by atoms with Crippen molar-refractivity contribution in [2.45, 2.75) is 77.6 Å². The lowest BCUT2D eigenvalue weighted by Gasteiger charge is -2.26. The fraction of sp³-hybridized carbons (Fsp3) is 0.889. The van der Waals surface area contributed by atoms with E-state index in [1.165, 1.54) is 70.6 Å². The molecule has 0 aromatic carbocycles. The predicted octanol–water partition coefficient (Wildman–Crippen LogP) is 5.07. The molecule has 0 heterocycles. The van der Waals surface area contributed by atoms with E-state index in [0.717, 1.165) is 24.9 Å². The third-order valence-electron chi connectivity index (χ3n) is 5.06. The average Bonchev–Trinajstić information content (AvgIpc) is 2.73. The summed E-state index contributed by atoms with van der Waals surface area (Å²) in [4.78, 5) is 0. The van der Waals surface area contributed by atoms with E-state index in [-0.39, 0.29) is 0 Å². The first-order valence-corrected chi connectivity index (χ1v) is 8.81. The summed E-state index contributed by atoms with van der Waals surface area (Å²) < 4.78 is 0. The number of rotatable bonds is 5. The lowest BCUT2D eigenvalue weighted by Crippen LogP contribution is -2.22. The summed E-state index contributed by atoms with van der Waals surface area (Å²) in [5, 5.41) is 3.58. The normalized spacial score (nSPS) is 24.4. The molecule has 19 heavy (non-hydrogen) atoms. The molecule has 0 radical (unpaired) electrons. The van der Waals surface area contributed by atoms with Crippen molar-refractivity contribution in [3.8, 4) is 0 Å². The van der Waals surface area contributed by atoms with Crippen molar-refractivity contribution in [2.24, 2.45) is 11.8 Å². The molecule has 2 rings (SSSR count). The molecule has 2 saturated carbocycles. The van der Waals surface area contributed by atoms with Gasteiger partial charge in [0.1, 0.15) is 0 Å². The number of hydrogen-bond donors (Lipinski definition) is 1. The van der Waals surface area contributed by atoms with Gasteiger partial charge in [0.05, 0.1) is 0 Å². The first-order chi connectivity index (χ1) is 9.40. The van der Waals surface area contributed by atoms with E-state index in [4.69, 9.17) is 0 Å². The lowest BCUT2D eigenvalue weighted by molar-refractivity contribution is 0.390. The van der Waals surface area contributed by atoms with Crippen molar-refractivity contribution >= 4 is 0 Å². The molecule has 0 saturated heterocycles. The van der Waals surface area contributed by atoms with Gasteiger partial charge in [-0.25, -0.2) is 0 Å². The predicted molar refractivity (Wildman–Crippen MR) is 84.4 cm³/mol. The van der Waals surface area contributed by atoms with Crippen molar-refractivity contribution in [2.75, 3.05) is 13.1 Å². The van der Waals surface area contributed by atoms with Crippen LogP contribution in [0.1, 0.15) is 77.6 Å². The molecule has 0 unspecified atom stereocenters. The van der Waals surface area contributed by atoms with Crippen LogP contribution in [0.15, 0.2) is 11.6 Å². The van der Waals surface area contributed by atoms with Gasteiger partial charge in [0.2, 0.25) is 0 Å². The number of likely N-dealkylation sites (N-methyl/N-ethyl adjacent to an activating group) is 1. The molecule has 0 aliphatic heterocycles. The Balaban J connectivity index is 1.97. The van der Waals surface area contributed by atoms with Crippen LogP contribution in [-0.4, -0.2) is 13.1 Å².